The van der Waals surface area contributed by atoms with Crippen LogP contribution in [0.1, 0.15) is 41.9 Å². The van der Waals surface area contributed by atoms with Gasteiger partial charge in [-0.05, 0) is 47.3 Å². The highest BCUT2D eigenvalue weighted by atomic mass is 79.9. The van der Waals surface area contributed by atoms with Crippen LogP contribution < -0.4 is 5.32 Å². The number of amides is 1. The first-order valence-corrected chi connectivity index (χ1v) is 7.76. The average molecular weight is 339 g/mol. The molecule has 0 radical (unpaired) electrons. The van der Waals surface area contributed by atoms with Crippen molar-refractivity contribution in [2.45, 2.75) is 39.2 Å². The Morgan fingerprint density at radius 3 is 2.47 bits per heavy atom. The molecule has 0 unspecified atom stereocenters. The number of carbonyl (C=O) groups excluding carboxylic acids is 1. The van der Waals surface area contributed by atoms with E-state index in [1.807, 2.05) is 26.8 Å². The Bertz CT molecular complexity index is 373. The van der Waals surface area contributed by atoms with Crippen LogP contribution in [0.2, 0.25) is 0 Å². The van der Waals surface area contributed by atoms with Gasteiger partial charge >= 0.3 is 0 Å². The minimum Gasteiger partial charge on any atom is -0.345 e. The molecule has 0 saturated heterocycles. The van der Waals surface area contributed by atoms with Gasteiger partial charge in [0, 0.05) is 5.88 Å². The van der Waals surface area contributed by atoms with E-state index in [2.05, 4.69) is 21.2 Å². The van der Waals surface area contributed by atoms with E-state index in [9.17, 15) is 4.79 Å². The van der Waals surface area contributed by atoms with Gasteiger partial charge in [-0.15, -0.1) is 22.9 Å². The fourth-order valence-electron chi connectivity index (χ4n) is 1.52. The van der Waals surface area contributed by atoms with E-state index >= 15 is 0 Å². The van der Waals surface area contributed by atoms with E-state index < -0.39 is 0 Å². The normalized spacial score (nSPS) is 11.6. The van der Waals surface area contributed by atoms with Gasteiger partial charge in [0.1, 0.15) is 0 Å². The van der Waals surface area contributed by atoms with Crippen molar-refractivity contribution >= 4 is 44.8 Å². The number of carbonyl (C=O) groups is 1. The summed E-state index contributed by atoms with van der Waals surface area (Å²) in [5, 5.41) is 3.06. The SMILES string of the molecule is CCC(CC)(CCl)NC(=O)c1cc(C)c(Br)s1. The molecule has 0 aliphatic heterocycles. The maximum absolute atomic E-state index is 12.1. The molecule has 1 aromatic heterocycles. The molecule has 96 valence electrons. The Morgan fingerprint density at radius 2 is 2.12 bits per heavy atom. The average Bonchev–Trinajstić information content (AvgIpc) is 2.67. The van der Waals surface area contributed by atoms with Crippen molar-refractivity contribution in [2.24, 2.45) is 0 Å². The highest BCUT2D eigenvalue weighted by molar-refractivity contribution is 9.11. The summed E-state index contributed by atoms with van der Waals surface area (Å²) in [5.74, 6) is 0.408. The van der Waals surface area contributed by atoms with Gasteiger partial charge in [-0.1, -0.05) is 13.8 Å². The second-order valence-corrected chi connectivity index (χ2v) is 6.78. The molecule has 0 aromatic carbocycles. The van der Waals surface area contributed by atoms with Crippen molar-refractivity contribution in [3.05, 3.63) is 20.3 Å². The minimum absolute atomic E-state index is 0.0341. The van der Waals surface area contributed by atoms with E-state index in [0.29, 0.717) is 5.88 Å². The maximum atomic E-state index is 12.1. The highest BCUT2D eigenvalue weighted by Gasteiger charge is 2.28. The third-order valence-corrected chi connectivity index (χ3v) is 5.72. The van der Waals surface area contributed by atoms with Crippen LogP contribution in [0.15, 0.2) is 9.85 Å². The lowest BCUT2D eigenvalue weighted by atomic mass is 9.95. The van der Waals surface area contributed by atoms with E-state index in [1.165, 1.54) is 11.3 Å². The van der Waals surface area contributed by atoms with Crippen molar-refractivity contribution in [1.29, 1.82) is 0 Å². The summed E-state index contributed by atoms with van der Waals surface area (Å²) >= 11 is 10.9. The Morgan fingerprint density at radius 1 is 1.53 bits per heavy atom. The quantitative estimate of drug-likeness (QED) is 0.795. The van der Waals surface area contributed by atoms with Gasteiger partial charge in [-0.2, -0.15) is 0 Å². The van der Waals surface area contributed by atoms with Crippen LogP contribution in [0.25, 0.3) is 0 Å². The summed E-state index contributed by atoms with van der Waals surface area (Å²) < 4.78 is 1.01. The largest absolute Gasteiger partial charge is 0.345 e. The number of alkyl halides is 1. The number of hydrogen-bond donors (Lipinski definition) is 1. The number of thiophene rings is 1. The molecule has 0 bridgehead atoms. The number of halogens is 2. The third kappa shape index (κ3) is 3.46. The number of hydrogen-bond acceptors (Lipinski definition) is 2. The van der Waals surface area contributed by atoms with Gasteiger partial charge in [0.05, 0.1) is 14.2 Å². The fourth-order valence-corrected chi connectivity index (χ4v) is 3.40. The van der Waals surface area contributed by atoms with Crippen LogP contribution in [0.3, 0.4) is 0 Å². The van der Waals surface area contributed by atoms with Gasteiger partial charge in [0.15, 0.2) is 0 Å². The van der Waals surface area contributed by atoms with Crippen molar-refractivity contribution in [1.82, 2.24) is 5.32 Å². The van der Waals surface area contributed by atoms with Gasteiger partial charge in [-0.25, -0.2) is 0 Å². The summed E-state index contributed by atoms with van der Waals surface area (Å²) in [6.45, 7) is 6.06. The summed E-state index contributed by atoms with van der Waals surface area (Å²) in [4.78, 5) is 12.8. The van der Waals surface area contributed by atoms with Crippen molar-refractivity contribution in [2.75, 3.05) is 5.88 Å². The monoisotopic (exact) mass is 337 g/mol. The molecule has 0 aliphatic carbocycles. The molecule has 1 N–H and O–H groups in total. The molecule has 0 fully saturated rings. The summed E-state index contributed by atoms with van der Waals surface area (Å²) in [5.41, 5.74) is 0.799. The van der Waals surface area contributed by atoms with E-state index in [0.717, 1.165) is 27.1 Å². The molecule has 1 amide bonds. The molecular weight excluding hydrogens is 322 g/mol. The molecule has 1 heterocycles. The topological polar surface area (TPSA) is 29.1 Å². The smallest absolute Gasteiger partial charge is 0.261 e. The predicted octanol–water partition coefficient (Wildman–Crippen LogP) is 4.35. The molecule has 5 heteroatoms. The van der Waals surface area contributed by atoms with Crippen molar-refractivity contribution in [3.8, 4) is 0 Å². The molecule has 2 nitrogen and oxygen atoms in total. The summed E-state index contributed by atoms with van der Waals surface area (Å²) in [6.07, 6.45) is 1.68. The Kier molecular flexibility index (Phi) is 5.48. The first kappa shape index (κ1) is 15.0. The van der Waals surface area contributed by atoms with Gasteiger partial charge in [0.2, 0.25) is 0 Å². The highest BCUT2D eigenvalue weighted by Crippen LogP contribution is 2.28. The van der Waals surface area contributed by atoms with Crippen LogP contribution in [0.4, 0.5) is 0 Å². The van der Waals surface area contributed by atoms with E-state index in [-0.39, 0.29) is 11.4 Å². The van der Waals surface area contributed by atoms with Gasteiger partial charge in [-0.3, -0.25) is 4.79 Å². The van der Waals surface area contributed by atoms with Crippen molar-refractivity contribution < 1.29 is 4.79 Å². The lowest BCUT2D eigenvalue weighted by Crippen LogP contribution is -2.49. The minimum atomic E-state index is -0.289. The van der Waals surface area contributed by atoms with Gasteiger partial charge in [0.25, 0.3) is 5.91 Å². The zero-order valence-corrected chi connectivity index (χ0v) is 13.4. The molecule has 17 heavy (non-hydrogen) atoms. The third-order valence-electron chi connectivity index (χ3n) is 3.07. The number of rotatable bonds is 5. The zero-order valence-electron chi connectivity index (χ0n) is 10.3. The Balaban J connectivity index is 2.84. The first-order chi connectivity index (χ1) is 7.98. The van der Waals surface area contributed by atoms with E-state index in [1.54, 1.807) is 0 Å². The molecule has 1 aromatic rings. The fraction of sp³-hybridized carbons (Fsp3) is 0.583. The molecular formula is C12H17BrClNOS. The lowest BCUT2D eigenvalue weighted by Gasteiger charge is -2.30. The second kappa shape index (κ2) is 6.21. The van der Waals surface area contributed by atoms with Crippen LogP contribution in [-0.2, 0) is 0 Å². The lowest BCUT2D eigenvalue weighted by molar-refractivity contribution is 0.0906. The number of nitrogens with one attached hydrogen (secondary N) is 1. The van der Waals surface area contributed by atoms with Crippen LogP contribution in [0.5, 0.6) is 0 Å². The summed E-state index contributed by atoms with van der Waals surface area (Å²) in [6, 6.07) is 1.90. The number of aryl methyl sites for hydroxylation is 1. The van der Waals surface area contributed by atoms with Crippen LogP contribution >= 0.6 is 38.9 Å². The molecule has 0 aliphatic rings. The Hall–Kier alpha value is -0.0600. The standard InChI is InChI=1S/C12H17BrClNOS/c1-4-12(5-2,7-14)15-11(16)9-6-8(3)10(13)17-9/h6H,4-5,7H2,1-3H3,(H,15,16). The molecule has 0 saturated carbocycles. The summed E-state index contributed by atoms with van der Waals surface area (Å²) in [7, 11) is 0. The predicted molar refractivity (Wildman–Crippen MR) is 78.3 cm³/mol. The Labute approximate surface area is 120 Å². The maximum Gasteiger partial charge on any atom is 0.261 e. The molecule has 0 atom stereocenters. The zero-order chi connectivity index (χ0) is 13.1. The van der Waals surface area contributed by atoms with Crippen LogP contribution in [0, 0.1) is 6.92 Å². The van der Waals surface area contributed by atoms with Gasteiger partial charge < -0.3 is 5.32 Å². The molecule has 1 rings (SSSR count). The second-order valence-electron chi connectivity index (χ2n) is 4.14. The van der Waals surface area contributed by atoms with Crippen molar-refractivity contribution in [3.63, 3.8) is 0 Å². The van der Waals surface area contributed by atoms with E-state index in [4.69, 9.17) is 11.6 Å². The molecule has 0 spiro atoms. The first-order valence-electron chi connectivity index (χ1n) is 5.62. The van der Waals surface area contributed by atoms with Crippen LogP contribution in [-0.4, -0.2) is 17.3 Å².